The lowest BCUT2D eigenvalue weighted by molar-refractivity contribution is -0.137. The minimum Gasteiger partial charge on any atom is -0.465 e. The zero-order chi connectivity index (χ0) is 13.7. The van der Waals surface area contributed by atoms with Crippen molar-refractivity contribution in [2.45, 2.75) is 36.1 Å². The van der Waals surface area contributed by atoms with E-state index in [0.29, 0.717) is 18.2 Å². The second-order valence-corrected chi connectivity index (χ2v) is 7.25. The van der Waals surface area contributed by atoms with Crippen LogP contribution < -0.4 is 5.56 Å². The number of cyclic esters (lactones) is 1. The molecule has 1 fully saturated rings. The van der Waals surface area contributed by atoms with E-state index < -0.39 is 0 Å². The number of H-pyrrole nitrogens is 1. The highest BCUT2D eigenvalue weighted by molar-refractivity contribution is 8.00. The number of thiophene rings is 1. The highest BCUT2D eigenvalue weighted by Crippen LogP contribution is 2.35. The number of aryl methyl sites for hydroxylation is 2. The summed E-state index contributed by atoms with van der Waals surface area (Å²) in [6, 6.07) is 0. The number of ether oxygens (including phenoxy) is 1. The van der Waals surface area contributed by atoms with Crippen LogP contribution in [0.2, 0.25) is 0 Å². The molecule has 0 bridgehead atoms. The predicted molar refractivity (Wildman–Crippen MR) is 77.5 cm³/mol. The highest BCUT2D eigenvalue weighted by atomic mass is 32.2. The van der Waals surface area contributed by atoms with Crippen LogP contribution in [0.15, 0.2) is 9.95 Å². The van der Waals surface area contributed by atoms with Crippen LogP contribution >= 0.6 is 23.1 Å². The molecule has 2 aliphatic rings. The number of carbonyl (C=O) groups is 1. The van der Waals surface area contributed by atoms with Gasteiger partial charge >= 0.3 is 5.97 Å². The summed E-state index contributed by atoms with van der Waals surface area (Å²) in [6.45, 7) is 0.455. The normalized spacial score (nSPS) is 21.4. The number of aromatic nitrogens is 2. The first-order valence-corrected chi connectivity index (χ1v) is 8.30. The van der Waals surface area contributed by atoms with Gasteiger partial charge in [0.15, 0.2) is 5.16 Å². The Kier molecular flexibility index (Phi) is 2.85. The van der Waals surface area contributed by atoms with Crippen molar-refractivity contribution in [1.29, 1.82) is 0 Å². The van der Waals surface area contributed by atoms with Gasteiger partial charge in [0.1, 0.15) is 10.1 Å². The molecule has 1 saturated heterocycles. The van der Waals surface area contributed by atoms with E-state index in [1.54, 1.807) is 11.3 Å². The third kappa shape index (κ3) is 1.88. The van der Waals surface area contributed by atoms with Crippen LogP contribution in [-0.4, -0.2) is 27.8 Å². The van der Waals surface area contributed by atoms with Crippen molar-refractivity contribution in [2.75, 3.05) is 6.61 Å². The molecule has 0 radical (unpaired) electrons. The van der Waals surface area contributed by atoms with E-state index in [4.69, 9.17) is 4.74 Å². The van der Waals surface area contributed by atoms with E-state index in [0.717, 1.165) is 29.5 Å². The van der Waals surface area contributed by atoms with Crippen LogP contribution in [-0.2, 0) is 22.4 Å². The Morgan fingerprint density at radius 3 is 3.05 bits per heavy atom. The van der Waals surface area contributed by atoms with E-state index in [1.807, 2.05) is 0 Å². The Morgan fingerprint density at radius 2 is 2.25 bits per heavy atom. The monoisotopic (exact) mass is 308 g/mol. The van der Waals surface area contributed by atoms with Gasteiger partial charge in [-0.3, -0.25) is 9.59 Å². The van der Waals surface area contributed by atoms with E-state index in [1.165, 1.54) is 22.2 Å². The van der Waals surface area contributed by atoms with Crippen LogP contribution in [0, 0.1) is 0 Å². The second-order valence-electron chi connectivity index (χ2n) is 4.97. The van der Waals surface area contributed by atoms with Gasteiger partial charge in [0.2, 0.25) is 0 Å². The summed E-state index contributed by atoms with van der Waals surface area (Å²) in [5, 5.41) is 1.02. The first-order valence-electron chi connectivity index (χ1n) is 6.60. The number of esters is 1. The number of nitrogens with zero attached hydrogens (tertiary/aromatic N) is 1. The predicted octanol–water partition coefficient (Wildman–Crippen LogP) is 1.88. The van der Waals surface area contributed by atoms with Gasteiger partial charge in [0.05, 0.1) is 12.0 Å². The minimum atomic E-state index is -0.248. The average Bonchev–Trinajstić information content (AvgIpc) is 3.06. The van der Waals surface area contributed by atoms with Gasteiger partial charge in [-0.15, -0.1) is 11.3 Å². The van der Waals surface area contributed by atoms with Crippen LogP contribution in [0.3, 0.4) is 0 Å². The number of carbonyl (C=O) groups excluding carboxylic acids is 1. The maximum Gasteiger partial charge on any atom is 0.319 e. The average molecular weight is 308 g/mol. The number of aromatic amines is 1. The van der Waals surface area contributed by atoms with Gasteiger partial charge < -0.3 is 9.72 Å². The maximum atomic E-state index is 12.3. The number of rotatable bonds is 2. The Labute approximate surface area is 122 Å². The molecule has 2 aromatic rings. The number of thioether (sulfide) groups is 1. The summed E-state index contributed by atoms with van der Waals surface area (Å²) < 4.78 is 4.93. The number of fused-ring (bicyclic) bond motifs is 3. The molecule has 20 heavy (non-hydrogen) atoms. The van der Waals surface area contributed by atoms with Gasteiger partial charge in [0, 0.05) is 11.3 Å². The molecular formula is C13H12N2O3S2. The third-order valence-electron chi connectivity index (χ3n) is 3.69. The molecule has 1 aliphatic heterocycles. The molecule has 7 heteroatoms. The summed E-state index contributed by atoms with van der Waals surface area (Å²) in [7, 11) is 0. The zero-order valence-electron chi connectivity index (χ0n) is 10.6. The Morgan fingerprint density at radius 1 is 1.35 bits per heavy atom. The van der Waals surface area contributed by atoms with Gasteiger partial charge in [-0.2, -0.15) is 0 Å². The van der Waals surface area contributed by atoms with E-state index in [2.05, 4.69) is 9.97 Å². The molecular weight excluding hydrogens is 296 g/mol. The van der Waals surface area contributed by atoms with Crippen molar-refractivity contribution in [3.8, 4) is 0 Å². The van der Waals surface area contributed by atoms with Crippen molar-refractivity contribution in [2.24, 2.45) is 0 Å². The van der Waals surface area contributed by atoms with Crippen molar-refractivity contribution < 1.29 is 9.53 Å². The van der Waals surface area contributed by atoms with Crippen molar-refractivity contribution in [3.05, 3.63) is 20.8 Å². The van der Waals surface area contributed by atoms with Gasteiger partial charge in [-0.05, 0) is 24.8 Å². The molecule has 4 rings (SSSR count). The lowest BCUT2D eigenvalue weighted by Gasteiger charge is -2.04. The first-order chi connectivity index (χ1) is 9.72. The topological polar surface area (TPSA) is 72.0 Å². The number of nitrogens with one attached hydrogen (secondary N) is 1. The van der Waals surface area contributed by atoms with E-state index >= 15 is 0 Å². The summed E-state index contributed by atoms with van der Waals surface area (Å²) >= 11 is 2.91. The molecule has 0 spiro atoms. The standard InChI is InChI=1S/C13H12N2O3S2/c16-10-9-6-2-1-3-7(6)19-11(9)15-13(14-10)20-8-4-5-18-12(8)17/h8H,1-5H2,(H,14,15,16)/t8-/m1/s1. The SMILES string of the molecule is O=C1OCC[C@H]1Sc1nc2sc3c(c2c(=O)[nH]1)CCC3. The molecule has 1 aliphatic carbocycles. The fraction of sp³-hybridized carbons (Fsp3) is 0.462. The van der Waals surface area contributed by atoms with Gasteiger partial charge in [-0.1, -0.05) is 11.8 Å². The molecule has 104 valence electrons. The first kappa shape index (κ1) is 12.4. The molecule has 2 aromatic heterocycles. The van der Waals surface area contributed by atoms with Crippen molar-refractivity contribution >= 4 is 39.3 Å². The van der Waals surface area contributed by atoms with Crippen molar-refractivity contribution in [3.63, 3.8) is 0 Å². The summed E-state index contributed by atoms with van der Waals surface area (Å²) in [5.74, 6) is -0.216. The van der Waals surface area contributed by atoms with E-state index in [9.17, 15) is 9.59 Å². The molecule has 5 nitrogen and oxygen atoms in total. The molecule has 1 N–H and O–H groups in total. The zero-order valence-corrected chi connectivity index (χ0v) is 12.2. The fourth-order valence-electron chi connectivity index (χ4n) is 2.76. The van der Waals surface area contributed by atoms with Crippen LogP contribution in [0.5, 0.6) is 0 Å². The minimum absolute atomic E-state index is 0.0803. The molecule has 0 amide bonds. The second kappa shape index (κ2) is 4.60. The summed E-state index contributed by atoms with van der Waals surface area (Å²) in [4.78, 5) is 33.2. The molecule has 0 unspecified atom stereocenters. The van der Waals surface area contributed by atoms with Crippen LogP contribution in [0.4, 0.5) is 0 Å². The van der Waals surface area contributed by atoms with Gasteiger partial charge in [0.25, 0.3) is 5.56 Å². The lowest BCUT2D eigenvalue weighted by atomic mass is 10.2. The van der Waals surface area contributed by atoms with Crippen molar-refractivity contribution in [1.82, 2.24) is 9.97 Å². The third-order valence-corrected chi connectivity index (χ3v) is 6.01. The summed E-state index contributed by atoms with van der Waals surface area (Å²) in [5.41, 5.74) is 1.10. The largest absolute Gasteiger partial charge is 0.465 e. The fourth-order valence-corrected chi connectivity index (χ4v) is 5.02. The van der Waals surface area contributed by atoms with Crippen LogP contribution in [0.1, 0.15) is 23.3 Å². The van der Waals surface area contributed by atoms with E-state index in [-0.39, 0.29) is 16.8 Å². The van der Waals surface area contributed by atoms with Crippen LogP contribution in [0.25, 0.3) is 10.2 Å². The maximum absolute atomic E-state index is 12.3. The van der Waals surface area contributed by atoms with Gasteiger partial charge in [-0.25, -0.2) is 4.98 Å². The molecule has 1 atom stereocenters. The number of hydrogen-bond donors (Lipinski definition) is 1. The lowest BCUT2D eigenvalue weighted by Crippen LogP contribution is -2.14. The Hall–Kier alpha value is -1.34. The summed E-state index contributed by atoms with van der Waals surface area (Å²) in [6.07, 6.45) is 3.82. The molecule has 0 aromatic carbocycles. The Balaban J connectivity index is 1.75. The molecule has 3 heterocycles. The Bertz CT molecular complexity index is 765. The number of hydrogen-bond acceptors (Lipinski definition) is 6. The smallest absolute Gasteiger partial charge is 0.319 e. The quantitative estimate of drug-likeness (QED) is 0.677. The highest BCUT2D eigenvalue weighted by Gasteiger charge is 2.29. The molecule has 0 saturated carbocycles.